The first-order chi connectivity index (χ1) is 21.3. The van der Waals surface area contributed by atoms with Gasteiger partial charge in [-0.1, -0.05) is 53.8 Å². The second-order valence-corrected chi connectivity index (χ2v) is 12.2. The Bertz CT molecular complexity index is 1700. The fourth-order valence-corrected chi connectivity index (χ4v) is 7.83. The molecule has 1 aromatic heterocycles. The molecule has 0 radical (unpaired) electrons. The summed E-state index contributed by atoms with van der Waals surface area (Å²) in [5.74, 6) is 1.17. The highest BCUT2D eigenvalue weighted by Gasteiger charge is 2.49. The van der Waals surface area contributed by atoms with E-state index in [1.54, 1.807) is 31.6 Å². The molecule has 0 spiro atoms. The molecule has 0 aliphatic carbocycles. The maximum absolute atomic E-state index is 13.6. The third-order valence-corrected chi connectivity index (χ3v) is 10.1. The van der Waals surface area contributed by atoms with Crippen molar-refractivity contribution in [1.82, 2.24) is 14.5 Å². The monoisotopic (exact) mass is 609 g/mol. The fraction of sp³-hybridized carbons (Fsp3) is 0.257. The van der Waals surface area contributed by atoms with Crippen molar-refractivity contribution in [2.45, 2.75) is 26.1 Å². The van der Waals surface area contributed by atoms with Crippen LogP contribution in [0, 0.1) is 6.92 Å². The number of methoxy groups -OCH3 is 2. The molecule has 2 N–H and O–H groups in total. The summed E-state index contributed by atoms with van der Waals surface area (Å²) in [5.41, 5.74) is 10.9. The lowest BCUT2D eigenvalue weighted by atomic mass is 10.0. The fourth-order valence-electron chi connectivity index (χ4n) is 6.37. The molecule has 8 nitrogen and oxygen atoms in total. The Morgan fingerprint density at radius 2 is 1.70 bits per heavy atom. The predicted octanol–water partition coefficient (Wildman–Crippen LogP) is 5.54. The molecule has 2 unspecified atom stereocenters. The third-order valence-electron chi connectivity index (χ3n) is 8.69. The van der Waals surface area contributed by atoms with Crippen molar-refractivity contribution >= 4 is 28.0 Å². The number of nitrogens with two attached hydrogens (primary N) is 1. The minimum atomic E-state index is -0.506. The first kappa shape index (κ1) is 29.8. The lowest BCUT2D eigenvalue weighted by Gasteiger charge is -2.48. The zero-order valence-corrected chi connectivity index (χ0v) is 26.0. The molecular weight excluding hydrogens is 572 g/mol. The zero-order valence-electron chi connectivity index (χ0n) is 25.2. The van der Waals surface area contributed by atoms with E-state index in [1.165, 1.54) is 0 Å². The van der Waals surface area contributed by atoms with E-state index in [9.17, 15) is 9.59 Å². The molecule has 6 rings (SSSR count). The molecule has 44 heavy (non-hydrogen) atoms. The highest BCUT2D eigenvalue weighted by molar-refractivity contribution is 7.20. The molecule has 1 amide bonds. The van der Waals surface area contributed by atoms with Crippen LogP contribution in [0.3, 0.4) is 0 Å². The van der Waals surface area contributed by atoms with Crippen molar-refractivity contribution < 1.29 is 19.1 Å². The Kier molecular flexibility index (Phi) is 8.38. The van der Waals surface area contributed by atoms with Gasteiger partial charge in [-0.15, -0.1) is 5.01 Å². The van der Waals surface area contributed by atoms with Crippen molar-refractivity contribution in [1.29, 1.82) is 0 Å². The number of amides is 1. The largest absolute Gasteiger partial charge is 0.497 e. The molecule has 2 aliphatic heterocycles. The van der Waals surface area contributed by atoms with Gasteiger partial charge in [-0.3, -0.25) is 14.5 Å². The Morgan fingerprint density at radius 1 is 0.977 bits per heavy atom. The summed E-state index contributed by atoms with van der Waals surface area (Å²) in [5, 5.41) is 3.21. The number of benzene rings is 3. The first-order valence-electron chi connectivity index (χ1n) is 14.7. The Morgan fingerprint density at radius 3 is 2.41 bits per heavy atom. The number of thiophene rings is 1. The number of carbonyl (C=O) groups is 2. The SMILES string of the molecule is COc1ccc(-c2sc3c(c2C)C(=O)C=C[N+]3(Cc2ccccc2OC)N2CCN(Cc3ccccc3)C(C(N)=O)C2)cc1. The summed E-state index contributed by atoms with van der Waals surface area (Å²) < 4.78 is 11.4. The van der Waals surface area contributed by atoms with Crippen molar-refractivity contribution in [3.63, 3.8) is 0 Å². The number of hydrogen-bond donors (Lipinski definition) is 1. The van der Waals surface area contributed by atoms with Crippen molar-refractivity contribution in [3.8, 4) is 21.9 Å². The van der Waals surface area contributed by atoms with E-state index in [-0.39, 0.29) is 16.3 Å². The number of primary amides is 1. The quantitative estimate of drug-likeness (QED) is 0.251. The molecule has 9 heteroatoms. The molecule has 3 aromatic carbocycles. The number of allylic oxidation sites excluding steroid dienone is 1. The lowest BCUT2D eigenvalue weighted by molar-refractivity contribution is -0.130. The predicted molar refractivity (Wildman–Crippen MR) is 174 cm³/mol. The van der Waals surface area contributed by atoms with Crippen LogP contribution in [0.25, 0.3) is 10.4 Å². The van der Waals surface area contributed by atoms with Crippen LogP contribution in [-0.4, -0.2) is 61.5 Å². The van der Waals surface area contributed by atoms with Gasteiger partial charge in [0.1, 0.15) is 35.8 Å². The number of quaternary nitrogens is 1. The van der Waals surface area contributed by atoms with E-state index in [4.69, 9.17) is 15.2 Å². The summed E-state index contributed by atoms with van der Waals surface area (Å²) >= 11 is 1.63. The van der Waals surface area contributed by atoms with Gasteiger partial charge in [0.25, 0.3) is 0 Å². The van der Waals surface area contributed by atoms with Gasteiger partial charge in [-0.05, 0) is 60.0 Å². The number of piperazine rings is 1. The molecule has 3 heterocycles. The lowest BCUT2D eigenvalue weighted by Crippen LogP contribution is -2.68. The van der Waals surface area contributed by atoms with E-state index < -0.39 is 6.04 Å². The third kappa shape index (κ3) is 5.44. The van der Waals surface area contributed by atoms with E-state index in [0.29, 0.717) is 38.3 Å². The molecule has 226 valence electrons. The summed E-state index contributed by atoms with van der Waals surface area (Å²) in [4.78, 5) is 29.8. The van der Waals surface area contributed by atoms with Crippen LogP contribution in [0.4, 0.5) is 5.00 Å². The standard InChI is InChI=1S/C35H36N4O4S/c1-24-32-30(40)17-20-39(23-27-11-7-8-12-31(27)43-3,35(32)44-33(24)26-13-15-28(42-2)16-14-26)38-19-18-37(29(22-38)34(36)41)21-25-9-5-4-6-10-25/h4-17,20,29H,18-19,21-23H2,1-3H3,(H-,36,41)/p+1. The number of ether oxygens (including phenoxy) is 2. The van der Waals surface area contributed by atoms with Crippen LogP contribution in [0.15, 0.2) is 91.1 Å². The van der Waals surface area contributed by atoms with Crippen LogP contribution in [0.5, 0.6) is 11.5 Å². The van der Waals surface area contributed by atoms with Crippen molar-refractivity contribution in [2.24, 2.45) is 5.73 Å². The average molecular weight is 610 g/mol. The molecule has 0 saturated carbocycles. The average Bonchev–Trinajstić information content (AvgIpc) is 3.41. The second-order valence-electron chi connectivity index (χ2n) is 11.2. The Labute approximate surface area is 262 Å². The van der Waals surface area contributed by atoms with E-state index in [2.05, 4.69) is 28.1 Å². The second kappa shape index (κ2) is 12.4. The number of para-hydroxylation sites is 1. The Balaban J connectivity index is 1.46. The van der Waals surface area contributed by atoms with Gasteiger partial charge in [-0.25, -0.2) is 0 Å². The normalized spacial score (nSPS) is 20.3. The molecular formula is C35H37N4O4S+. The maximum Gasteiger partial charge on any atom is 0.236 e. The van der Waals surface area contributed by atoms with Gasteiger partial charge in [0.2, 0.25) is 10.9 Å². The minimum Gasteiger partial charge on any atom is -0.497 e. The number of rotatable bonds is 9. The molecule has 2 aliphatic rings. The van der Waals surface area contributed by atoms with Crippen LogP contribution >= 0.6 is 11.3 Å². The van der Waals surface area contributed by atoms with Gasteiger partial charge >= 0.3 is 0 Å². The van der Waals surface area contributed by atoms with Gasteiger partial charge in [0.15, 0.2) is 5.78 Å². The smallest absolute Gasteiger partial charge is 0.236 e. The van der Waals surface area contributed by atoms with Crippen LogP contribution in [-0.2, 0) is 17.9 Å². The van der Waals surface area contributed by atoms with Crippen LogP contribution < -0.4 is 19.8 Å². The number of fused-ring (bicyclic) bond motifs is 1. The zero-order chi connectivity index (χ0) is 30.8. The van der Waals surface area contributed by atoms with Crippen molar-refractivity contribution in [3.05, 3.63) is 113 Å². The van der Waals surface area contributed by atoms with Crippen LogP contribution in [0.2, 0.25) is 0 Å². The molecule has 2 atom stereocenters. The first-order valence-corrected chi connectivity index (χ1v) is 15.5. The van der Waals surface area contributed by atoms with Gasteiger partial charge < -0.3 is 15.2 Å². The summed E-state index contributed by atoms with van der Waals surface area (Å²) in [7, 11) is 3.32. The van der Waals surface area contributed by atoms with Gasteiger partial charge in [0, 0.05) is 24.0 Å². The topological polar surface area (TPSA) is 85.1 Å². The highest BCUT2D eigenvalue weighted by Crippen LogP contribution is 2.49. The maximum atomic E-state index is 13.6. The van der Waals surface area contributed by atoms with E-state index in [0.717, 1.165) is 43.6 Å². The summed E-state index contributed by atoms with van der Waals surface area (Å²) in [6.45, 7) is 4.87. The number of hydrogen-bond acceptors (Lipinski definition) is 7. The molecule has 0 bridgehead atoms. The Hall–Kier alpha value is -4.28. The molecule has 1 fully saturated rings. The molecule has 4 aromatic rings. The van der Waals surface area contributed by atoms with Gasteiger partial charge in [-0.2, -0.15) is 4.59 Å². The van der Waals surface area contributed by atoms with E-state index >= 15 is 0 Å². The van der Waals surface area contributed by atoms with Crippen LogP contribution in [0.1, 0.15) is 27.0 Å². The summed E-state index contributed by atoms with van der Waals surface area (Å²) in [6.07, 6.45) is 3.67. The summed E-state index contributed by atoms with van der Waals surface area (Å²) in [6, 6.07) is 25.5. The van der Waals surface area contributed by atoms with Gasteiger partial charge in [0.05, 0.1) is 32.9 Å². The number of ketones is 1. The number of nitrogens with zero attached hydrogens (tertiary/aromatic N) is 3. The molecule has 1 saturated heterocycles. The highest BCUT2D eigenvalue weighted by atomic mass is 32.1. The van der Waals surface area contributed by atoms with Crippen molar-refractivity contribution in [2.75, 3.05) is 33.9 Å². The van der Waals surface area contributed by atoms with E-state index in [1.807, 2.05) is 73.8 Å². The number of carbonyl (C=O) groups excluding carboxylic acids is 2. The minimum absolute atomic E-state index is 0.0172.